The molecule has 1 atom stereocenters. The van der Waals surface area contributed by atoms with Crippen LogP contribution in [0.5, 0.6) is 0 Å². The summed E-state index contributed by atoms with van der Waals surface area (Å²) in [6.07, 6.45) is 1.01. The molecule has 0 saturated carbocycles. The van der Waals surface area contributed by atoms with Gasteiger partial charge in [0.1, 0.15) is 6.61 Å². The van der Waals surface area contributed by atoms with Crippen molar-refractivity contribution in [2.45, 2.75) is 39.7 Å². The molecule has 0 aromatic heterocycles. The highest BCUT2D eigenvalue weighted by Gasteiger charge is 2.20. The lowest BCUT2D eigenvalue weighted by Crippen LogP contribution is -2.27. The lowest BCUT2D eigenvalue weighted by atomic mass is 9.84. The molecule has 0 bridgehead atoms. The van der Waals surface area contributed by atoms with Crippen molar-refractivity contribution in [1.29, 1.82) is 0 Å². The molecule has 14 heavy (non-hydrogen) atoms. The second-order valence-electron chi connectivity index (χ2n) is 4.26. The Morgan fingerprint density at radius 1 is 1.57 bits per heavy atom. The molecule has 0 aliphatic carbocycles. The summed E-state index contributed by atoms with van der Waals surface area (Å²) in [7, 11) is 0. The first kappa shape index (κ1) is 13.4. The molecule has 84 valence electrons. The average molecular weight is 203 g/mol. The van der Waals surface area contributed by atoms with Crippen LogP contribution >= 0.6 is 0 Å². The molecular weight excluding hydrogens is 182 g/mol. The second kappa shape index (κ2) is 5.98. The molecule has 0 aromatic carbocycles. The molecule has 0 heterocycles. The summed E-state index contributed by atoms with van der Waals surface area (Å²) in [6.45, 7) is 6.11. The summed E-state index contributed by atoms with van der Waals surface area (Å²) >= 11 is 0. The Kier molecular flexibility index (Phi) is 5.72. The summed E-state index contributed by atoms with van der Waals surface area (Å²) in [5.41, 5.74) is 5.13. The molecule has 0 aliphatic rings. The number of nitrogens with two attached hydrogens (primary N) is 1. The Bertz CT molecular complexity index is 180. The SMILES string of the molecule is CCC(C)(C)CC(O)COC(=O)CN. The van der Waals surface area contributed by atoms with E-state index < -0.39 is 12.1 Å². The van der Waals surface area contributed by atoms with Gasteiger partial charge in [-0.05, 0) is 11.8 Å². The summed E-state index contributed by atoms with van der Waals surface area (Å²) < 4.78 is 4.73. The predicted octanol–water partition coefficient (Wildman–Crippen LogP) is 0.676. The number of hydrogen-bond donors (Lipinski definition) is 2. The van der Waals surface area contributed by atoms with Gasteiger partial charge in [-0.15, -0.1) is 0 Å². The lowest BCUT2D eigenvalue weighted by Gasteiger charge is -2.25. The van der Waals surface area contributed by atoms with E-state index in [-0.39, 0.29) is 18.6 Å². The Hall–Kier alpha value is -0.610. The minimum absolute atomic E-state index is 0.0411. The number of hydrogen-bond acceptors (Lipinski definition) is 4. The van der Waals surface area contributed by atoms with Crippen LogP contribution in [0.3, 0.4) is 0 Å². The van der Waals surface area contributed by atoms with E-state index >= 15 is 0 Å². The van der Waals surface area contributed by atoms with E-state index in [4.69, 9.17) is 10.5 Å². The van der Waals surface area contributed by atoms with Gasteiger partial charge in [-0.3, -0.25) is 4.79 Å². The van der Waals surface area contributed by atoms with Gasteiger partial charge in [-0.2, -0.15) is 0 Å². The van der Waals surface area contributed by atoms with Crippen molar-refractivity contribution in [3.05, 3.63) is 0 Å². The van der Waals surface area contributed by atoms with Gasteiger partial charge in [0.2, 0.25) is 0 Å². The van der Waals surface area contributed by atoms with E-state index in [0.717, 1.165) is 6.42 Å². The average Bonchev–Trinajstić information content (AvgIpc) is 2.13. The number of ether oxygens (including phenoxy) is 1. The van der Waals surface area contributed by atoms with Gasteiger partial charge in [-0.1, -0.05) is 27.2 Å². The van der Waals surface area contributed by atoms with Gasteiger partial charge < -0.3 is 15.6 Å². The fourth-order valence-electron chi connectivity index (χ4n) is 1.09. The van der Waals surface area contributed by atoms with E-state index in [1.54, 1.807) is 0 Å². The molecule has 0 amide bonds. The van der Waals surface area contributed by atoms with Crippen molar-refractivity contribution in [3.63, 3.8) is 0 Å². The van der Waals surface area contributed by atoms with E-state index in [0.29, 0.717) is 6.42 Å². The fourth-order valence-corrected chi connectivity index (χ4v) is 1.09. The summed E-state index contributed by atoms with van der Waals surface area (Å²) in [4.78, 5) is 10.7. The van der Waals surface area contributed by atoms with Gasteiger partial charge >= 0.3 is 5.97 Å². The third kappa shape index (κ3) is 5.94. The van der Waals surface area contributed by atoms with Crippen LogP contribution in [0.15, 0.2) is 0 Å². The third-order valence-electron chi connectivity index (χ3n) is 2.35. The highest BCUT2D eigenvalue weighted by molar-refractivity contribution is 5.71. The second-order valence-corrected chi connectivity index (χ2v) is 4.26. The van der Waals surface area contributed by atoms with Crippen molar-refractivity contribution >= 4 is 5.97 Å². The van der Waals surface area contributed by atoms with Crippen LogP contribution in [0.25, 0.3) is 0 Å². The Morgan fingerprint density at radius 3 is 2.57 bits per heavy atom. The largest absolute Gasteiger partial charge is 0.462 e. The normalized spacial score (nSPS) is 13.8. The molecular formula is C10H21NO3. The zero-order chi connectivity index (χ0) is 11.2. The summed E-state index contributed by atoms with van der Waals surface area (Å²) in [5, 5.41) is 9.54. The van der Waals surface area contributed by atoms with Crippen LogP contribution in [0.4, 0.5) is 0 Å². The van der Waals surface area contributed by atoms with E-state index in [1.807, 2.05) is 0 Å². The zero-order valence-electron chi connectivity index (χ0n) is 9.25. The lowest BCUT2D eigenvalue weighted by molar-refractivity contribution is -0.145. The van der Waals surface area contributed by atoms with E-state index in [1.165, 1.54) is 0 Å². The number of carbonyl (C=O) groups excluding carboxylic acids is 1. The molecule has 0 rings (SSSR count). The Labute approximate surface area is 85.4 Å². The minimum Gasteiger partial charge on any atom is -0.462 e. The molecule has 0 aliphatic heterocycles. The maximum absolute atomic E-state index is 10.7. The molecule has 4 heteroatoms. The first-order valence-corrected chi connectivity index (χ1v) is 4.95. The number of carbonyl (C=O) groups is 1. The third-order valence-corrected chi connectivity index (χ3v) is 2.35. The van der Waals surface area contributed by atoms with Gasteiger partial charge in [0, 0.05) is 0 Å². The first-order chi connectivity index (χ1) is 6.41. The predicted molar refractivity (Wildman–Crippen MR) is 54.7 cm³/mol. The zero-order valence-corrected chi connectivity index (χ0v) is 9.25. The van der Waals surface area contributed by atoms with Gasteiger partial charge in [0.25, 0.3) is 0 Å². The van der Waals surface area contributed by atoms with Gasteiger partial charge in [0.05, 0.1) is 12.6 Å². The van der Waals surface area contributed by atoms with E-state index in [9.17, 15) is 9.90 Å². The summed E-state index contributed by atoms with van der Waals surface area (Å²) in [6, 6.07) is 0. The molecule has 4 nitrogen and oxygen atoms in total. The van der Waals surface area contributed by atoms with Gasteiger partial charge in [0.15, 0.2) is 0 Å². The van der Waals surface area contributed by atoms with Crippen molar-refractivity contribution in [1.82, 2.24) is 0 Å². The van der Waals surface area contributed by atoms with Crippen LogP contribution in [-0.4, -0.2) is 30.3 Å². The highest BCUT2D eigenvalue weighted by atomic mass is 16.5. The van der Waals surface area contributed by atoms with Gasteiger partial charge in [-0.25, -0.2) is 0 Å². The van der Waals surface area contributed by atoms with Crippen LogP contribution < -0.4 is 5.73 Å². The first-order valence-electron chi connectivity index (χ1n) is 4.95. The van der Waals surface area contributed by atoms with Crippen LogP contribution in [-0.2, 0) is 9.53 Å². The van der Waals surface area contributed by atoms with Crippen molar-refractivity contribution in [3.8, 4) is 0 Å². The monoisotopic (exact) mass is 203 g/mol. The van der Waals surface area contributed by atoms with Crippen molar-refractivity contribution < 1.29 is 14.6 Å². The maximum atomic E-state index is 10.7. The van der Waals surface area contributed by atoms with Crippen molar-refractivity contribution in [2.75, 3.05) is 13.2 Å². The highest BCUT2D eigenvalue weighted by Crippen LogP contribution is 2.26. The number of aliphatic hydroxyl groups is 1. The molecule has 0 radical (unpaired) electrons. The van der Waals surface area contributed by atoms with Crippen LogP contribution in [0.2, 0.25) is 0 Å². The molecule has 0 fully saturated rings. The van der Waals surface area contributed by atoms with E-state index in [2.05, 4.69) is 20.8 Å². The number of aliphatic hydroxyl groups excluding tert-OH is 1. The quantitative estimate of drug-likeness (QED) is 0.622. The number of rotatable bonds is 6. The molecule has 3 N–H and O–H groups in total. The molecule has 0 spiro atoms. The van der Waals surface area contributed by atoms with Crippen LogP contribution in [0.1, 0.15) is 33.6 Å². The smallest absolute Gasteiger partial charge is 0.319 e. The molecule has 0 saturated heterocycles. The molecule has 0 aromatic rings. The van der Waals surface area contributed by atoms with Crippen molar-refractivity contribution in [2.24, 2.45) is 11.1 Å². The molecule has 1 unspecified atom stereocenters. The maximum Gasteiger partial charge on any atom is 0.319 e. The topological polar surface area (TPSA) is 72.5 Å². The minimum atomic E-state index is -0.597. The van der Waals surface area contributed by atoms with Crippen LogP contribution in [0, 0.1) is 5.41 Å². The Morgan fingerprint density at radius 2 is 2.14 bits per heavy atom. The standard InChI is InChI=1S/C10H21NO3/c1-4-10(2,3)5-8(12)7-14-9(13)6-11/h8,12H,4-7,11H2,1-3H3. The summed E-state index contributed by atoms with van der Waals surface area (Å²) in [5.74, 6) is -0.474. The number of esters is 1. The fraction of sp³-hybridized carbons (Fsp3) is 0.900. The Balaban J connectivity index is 3.75.